The van der Waals surface area contributed by atoms with Gasteiger partial charge in [-0.2, -0.15) is 0 Å². The second-order valence-corrected chi connectivity index (χ2v) is 8.52. The number of rotatable bonds is 5. The highest BCUT2D eigenvalue weighted by molar-refractivity contribution is 6.00. The van der Waals surface area contributed by atoms with Crippen LogP contribution >= 0.6 is 0 Å². The van der Waals surface area contributed by atoms with Gasteiger partial charge in [0.25, 0.3) is 0 Å². The van der Waals surface area contributed by atoms with Gasteiger partial charge in [0, 0.05) is 50.9 Å². The molecule has 5 atom stereocenters. The van der Waals surface area contributed by atoms with Crippen molar-refractivity contribution in [2.75, 3.05) is 25.2 Å². The van der Waals surface area contributed by atoms with E-state index in [4.69, 9.17) is 4.74 Å². The molecule has 2 N–H and O–H groups in total. The van der Waals surface area contributed by atoms with E-state index in [1.54, 1.807) is 12.0 Å². The van der Waals surface area contributed by atoms with E-state index in [1.165, 1.54) is 0 Å². The zero-order chi connectivity index (χ0) is 20.4. The first kappa shape index (κ1) is 19.9. The highest BCUT2D eigenvalue weighted by Gasteiger charge is 2.42. The van der Waals surface area contributed by atoms with Gasteiger partial charge in [-0.25, -0.2) is 0 Å². The molecule has 0 aromatic heterocycles. The topological polar surface area (TPSA) is 87.7 Å². The molecule has 5 unspecified atom stereocenters. The molecule has 2 aliphatic heterocycles. The van der Waals surface area contributed by atoms with E-state index in [1.807, 2.05) is 30.3 Å². The van der Waals surface area contributed by atoms with Crippen molar-refractivity contribution in [3.8, 4) is 0 Å². The highest BCUT2D eigenvalue weighted by atomic mass is 16.5. The number of fused-ring (bicyclic) bond motifs is 1. The van der Waals surface area contributed by atoms with Crippen molar-refractivity contribution in [3.63, 3.8) is 0 Å². The molecule has 3 fully saturated rings. The number of carbonyl (C=O) groups is 3. The van der Waals surface area contributed by atoms with Gasteiger partial charge in [-0.1, -0.05) is 18.2 Å². The van der Waals surface area contributed by atoms with Crippen LogP contribution in [0, 0.1) is 17.8 Å². The van der Waals surface area contributed by atoms with Crippen LogP contribution in [0.2, 0.25) is 0 Å². The van der Waals surface area contributed by atoms with E-state index < -0.39 is 0 Å². The number of para-hydroxylation sites is 1. The Hall–Kier alpha value is -2.41. The van der Waals surface area contributed by atoms with Crippen molar-refractivity contribution in [1.29, 1.82) is 0 Å². The van der Waals surface area contributed by atoms with E-state index in [-0.39, 0.29) is 48.1 Å². The minimum absolute atomic E-state index is 0.0120. The lowest BCUT2D eigenvalue weighted by Gasteiger charge is -2.44. The Morgan fingerprint density at radius 1 is 1.21 bits per heavy atom. The molecule has 0 radical (unpaired) electrons. The molecule has 7 heteroatoms. The van der Waals surface area contributed by atoms with Crippen LogP contribution in [0.15, 0.2) is 30.3 Å². The maximum atomic E-state index is 12.8. The first-order chi connectivity index (χ1) is 14.0. The summed E-state index contributed by atoms with van der Waals surface area (Å²) in [7, 11) is 1.68. The van der Waals surface area contributed by atoms with Crippen molar-refractivity contribution in [3.05, 3.63) is 30.3 Å². The summed E-state index contributed by atoms with van der Waals surface area (Å²) in [5, 5.41) is 6.25. The van der Waals surface area contributed by atoms with Gasteiger partial charge in [0.15, 0.2) is 0 Å². The Kier molecular flexibility index (Phi) is 5.85. The van der Waals surface area contributed by atoms with Crippen molar-refractivity contribution in [2.24, 2.45) is 17.8 Å². The van der Waals surface area contributed by atoms with Crippen LogP contribution < -0.4 is 15.5 Å². The predicted molar refractivity (Wildman–Crippen MR) is 108 cm³/mol. The number of nitrogens with zero attached hydrogens (tertiary/aromatic N) is 1. The number of piperidine rings is 1. The number of nitrogens with one attached hydrogen (secondary N) is 2. The molecule has 4 rings (SSSR count). The van der Waals surface area contributed by atoms with Crippen LogP contribution in [0.4, 0.5) is 5.69 Å². The second kappa shape index (κ2) is 8.53. The summed E-state index contributed by atoms with van der Waals surface area (Å²) in [5.74, 6) is 0.324. The number of methoxy groups -OCH3 is 1. The standard InChI is InChI=1S/C22H29N3O4/c1-29-13-15-9-20(26)24-19-11-16(7-8-18(15)19)23-22(28)14-10-21(27)25(12-14)17-5-3-2-4-6-17/h2-6,14-16,18-19H,7-13H2,1H3,(H,23,28)(H,24,26). The quantitative estimate of drug-likeness (QED) is 0.785. The van der Waals surface area contributed by atoms with Gasteiger partial charge in [0.1, 0.15) is 0 Å². The number of carbonyl (C=O) groups excluding carboxylic acids is 3. The number of benzene rings is 1. The minimum Gasteiger partial charge on any atom is -0.384 e. The van der Waals surface area contributed by atoms with Crippen LogP contribution in [-0.2, 0) is 19.1 Å². The normalized spacial score (nSPS) is 31.9. The molecule has 0 spiro atoms. The van der Waals surface area contributed by atoms with E-state index >= 15 is 0 Å². The molecule has 156 valence electrons. The van der Waals surface area contributed by atoms with E-state index in [0.717, 1.165) is 24.9 Å². The maximum Gasteiger partial charge on any atom is 0.227 e. The zero-order valence-electron chi connectivity index (χ0n) is 16.8. The second-order valence-electron chi connectivity index (χ2n) is 8.52. The van der Waals surface area contributed by atoms with Gasteiger partial charge in [0.05, 0.1) is 5.92 Å². The third-order valence-electron chi connectivity index (χ3n) is 6.59. The first-order valence-corrected chi connectivity index (χ1v) is 10.5. The van der Waals surface area contributed by atoms with Gasteiger partial charge in [-0.3, -0.25) is 14.4 Å². The smallest absolute Gasteiger partial charge is 0.227 e. The predicted octanol–water partition coefficient (Wildman–Crippen LogP) is 1.48. The number of hydrogen-bond donors (Lipinski definition) is 2. The molecule has 29 heavy (non-hydrogen) atoms. The van der Waals surface area contributed by atoms with Gasteiger partial charge in [-0.05, 0) is 43.2 Å². The molecular weight excluding hydrogens is 370 g/mol. The minimum atomic E-state index is -0.331. The van der Waals surface area contributed by atoms with Gasteiger partial charge < -0.3 is 20.3 Å². The van der Waals surface area contributed by atoms with Crippen LogP contribution in [0.1, 0.15) is 32.1 Å². The van der Waals surface area contributed by atoms with Gasteiger partial charge in [-0.15, -0.1) is 0 Å². The molecule has 1 aromatic carbocycles. The van der Waals surface area contributed by atoms with Crippen LogP contribution in [-0.4, -0.2) is 50.1 Å². The molecule has 3 amide bonds. The number of amides is 3. The number of anilines is 1. The fourth-order valence-electron chi connectivity index (χ4n) is 5.17. The summed E-state index contributed by atoms with van der Waals surface area (Å²) in [6.45, 7) is 1.02. The van der Waals surface area contributed by atoms with Crippen molar-refractivity contribution in [1.82, 2.24) is 10.6 Å². The van der Waals surface area contributed by atoms with Crippen LogP contribution in [0.5, 0.6) is 0 Å². The largest absolute Gasteiger partial charge is 0.384 e. The lowest BCUT2D eigenvalue weighted by Crippen LogP contribution is -2.56. The van der Waals surface area contributed by atoms with Crippen molar-refractivity contribution < 1.29 is 19.1 Å². The summed E-state index contributed by atoms with van der Waals surface area (Å²) >= 11 is 0. The average Bonchev–Trinajstić information content (AvgIpc) is 3.10. The fourth-order valence-corrected chi connectivity index (χ4v) is 5.17. The molecular formula is C22H29N3O4. The summed E-state index contributed by atoms with van der Waals surface area (Å²) in [5.41, 5.74) is 0.836. The third-order valence-corrected chi connectivity index (χ3v) is 6.59. The van der Waals surface area contributed by atoms with Crippen molar-refractivity contribution in [2.45, 2.75) is 44.2 Å². The Balaban J connectivity index is 1.34. The number of hydrogen-bond acceptors (Lipinski definition) is 4. The molecule has 1 saturated carbocycles. The monoisotopic (exact) mass is 399 g/mol. The summed E-state index contributed by atoms with van der Waals surface area (Å²) in [4.78, 5) is 39.0. The molecule has 1 aromatic rings. The SMILES string of the molecule is COCC1CC(=O)NC2CC(NC(=O)C3CC(=O)N(c4ccccc4)C3)CCC12. The van der Waals surface area contributed by atoms with Crippen molar-refractivity contribution >= 4 is 23.4 Å². The Bertz CT molecular complexity index is 769. The Morgan fingerprint density at radius 2 is 2.00 bits per heavy atom. The third kappa shape index (κ3) is 4.29. The lowest BCUT2D eigenvalue weighted by molar-refractivity contribution is -0.129. The zero-order valence-corrected chi connectivity index (χ0v) is 16.8. The van der Waals surface area contributed by atoms with Crippen LogP contribution in [0.25, 0.3) is 0 Å². The van der Waals surface area contributed by atoms with Crippen LogP contribution in [0.3, 0.4) is 0 Å². The van der Waals surface area contributed by atoms with E-state index in [0.29, 0.717) is 25.5 Å². The molecule has 1 aliphatic carbocycles. The molecule has 7 nitrogen and oxygen atoms in total. The summed E-state index contributed by atoms with van der Waals surface area (Å²) in [6.07, 6.45) is 3.36. The molecule has 3 aliphatic rings. The summed E-state index contributed by atoms with van der Waals surface area (Å²) in [6, 6.07) is 9.59. The van der Waals surface area contributed by atoms with E-state index in [2.05, 4.69) is 10.6 Å². The Labute approximate surface area is 171 Å². The Morgan fingerprint density at radius 3 is 2.76 bits per heavy atom. The van der Waals surface area contributed by atoms with Gasteiger partial charge in [0.2, 0.25) is 17.7 Å². The van der Waals surface area contributed by atoms with Gasteiger partial charge >= 0.3 is 0 Å². The fraction of sp³-hybridized carbons (Fsp3) is 0.591. The highest BCUT2D eigenvalue weighted by Crippen LogP contribution is 2.36. The molecule has 2 saturated heterocycles. The first-order valence-electron chi connectivity index (χ1n) is 10.5. The number of ether oxygens (including phenoxy) is 1. The lowest BCUT2D eigenvalue weighted by atomic mass is 9.71. The summed E-state index contributed by atoms with van der Waals surface area (Å²) < 4.78 is 5.31. The molecule has 0 bridgehead atoms. The average molecular weight is 399 g/mol. The molecule has 2 heterocycles. The van der Waals surface area contributed by atoms with E-state index in [9.17, 15) is 14.4 Å². The maximum absolute atomic E-state index is 12.8.